The van der Waals surface area contributed by atoms with E-state index in [0.717, 1.165) is 35.2 Å². The Balaban J connectivity index is 2.01. The minimum Gasteiger partial charge on any atom is -0.508 e. The average molecular weight is 290 g/mol. The van der Waals surface area contributed by atoms with Crippen molar-refractivity contribution in [2.75, 3.05) is 0 Å². The Morgan fingerprint density at radius 3 is 2.77 bits per heavy atom. The molecule has 0 saturated heterocycles. The van der Waals surface area contributed by atoms with Gasteiger partial charge in [0.15, 0.2) is 0 Å². The van der Waals surface area contributed by atoms with Gasteiger partial charge in [0.2, 0.25) is 0 Å². The van der Waals surface area contributed by atoms with Crippen LogP contribution in [0.15, 0.2) is 53.3 Å². The predicted octanol–water partition coefficient (Wildman–Crippen LogP) is 2.91. The first-order chi connectivity index (χ1) is 10.7. The molecule has 0 saturated carbocycles. The zero-order valence-electron chi connectivity index (χ0n) is 11.8. The van der Waals surface area contributed by atoms with Gasteiger partial charge in [-0.3, -0.25) is 0 Å². The molecular formula is C18H14N2O2. The normalized spacial score (nSPS) is 12.5. The number of aromatic amines is 1. The number of aryl methyl sites for hydroxylation is 1. The third-order valence-electron chi connectivity index (χ3n) is 4.08. The van der Waals surface area contributed by atoms with Crippen LogP contribution in [0.3, 0.4) is 0 Å². The molecule has 1 aromatic heterocycles. The fourth-order valence-corrected chi connectivity index (χ4v) is 3.10. The summed E-state index contributed by atoms with van der Waals surface area (Å²) in [5, 5.41) is 9.69. The van der Waals surface area contributed by atoms with Gasteiger partial charge >= 0.3 is 5.69 Å². The molecule has 1 heterocycles. The fraction of sp³-hybridized carbons (Fsp3) is 0.111. The molecule has 3 aromatic rings. The van der Waals surface area contributed by atoms with Gasteiger partial charge < -0.3 is 10.1 Å². The Labute approximate surface area is 127 Å². The van der Waals surface area contributed by atoms with Gasteiger partial charge in [0.1, 0.15) is 5.75 Å². The highest BCUT2D eigenvalue weighted by Crippen LogP contribution is 2.35. The van der Waals surface area contributed by atoms with E-state index in [9.17, 15) is 9.90 Å². The summed E-state index contributed by atoms with van der Waals surface area (Å²) in [7, 11) is 0. The van der Waals surface area contributed by atoms with E-state index in [1.165, 1.54) is 5.56 Å². The van der Waals surface area contributed by atoms with Crippen molar-refractivity contribution in [3.63, 3.8) is 0 Å². The number of benzene rings is 2. The van der Waals surface area contributed by atoms with E-state index < -0.39 is 0 Å². The van der Waals surface area contributed by atoms with Crippen LogP contribution in [-0.2, 0) is 12.8 Å². The molecule has 108 valence electrons. The Morgan fingerprint density at radius 2 is 1.91 bits per heavy atom. The summed E-state index contributed by atoms with van der Waals surface area (Å²) in [4.78, 5) is 19.0. The second-order valence-corrected chi connectivity index (χ2v) is 5.45. The number of hydrogen-bond acceptors (Lipinski definition) is 3. The molecule has 0 fully saturated rings. The van der Waals surface area contributed by atoms with Crippen molar-refractivity contribution in [2.45, 2.75) is 12.8 Å². The lowest BCUT2D eigenvalue weighted by Gasteiger charge is -2.21. The van der Waals surface area contributed by atoms with Crippen molar-refractivity contribution in [3.8, 4) is 28.3 Å². The maximum Gasteiger partial charge on any atom is 0.345 e. The van der Waals surface area contributed by atoms with E-state index in [-0.39, 0.29) is 11.4 Å². The van der Waals surface area contributed by atoms with Crippen molar-refractivity contribution in [2.24, 2.45) is 0 Å². The van der Waals surface area contributed by atoms with Crippen LogP contribution < -0.4 is 5.69 Å². The van der Waals surface area contributed by atoms with Gasteiger partial charge in [0, 0.05) is 16.7 Å². The Bertz CT molecular complexity index is 928. The Kier molecular flexibility index (Phi) is 2.82. The summed E-state index contributed by atoms with van der Waals surface area (Å²) in [5.74, 6) is 0.171. The van der Waals surface area contributed by atoms with Gasteiger partial charge in [-0.2, -0.15) is 4.98 Å². The first-order valence-corrected chi connectivity index (χ1v) is 7.23. The van der Waals surface area contributed by atoms with Crippen LogP contribution in [0.2, 0.25) is 0 Å². The number of phenolic OH excluding ortho intramolecular Hbond substituents is 1. The zero-order chi connectivity index (χ0) is 15.1. The minimum atomic E-state index is -0.367. The largest absolute Gasteiger partial charge is 0.508 e. The number of aromatic nitrogens is 2. The SMILES string of the molecule is O=c1nc(-c2cccc(O)c2)c2c([nH]1)-c1ccccc1CC2. The van der Waals surface area contributed by atoms with E-state index in [1.807, 2.05) is 24.3 Å². The predicted molar refractivity (Wildman–Crippen MR) is 84.8 cm³/mol. The number of nitrogens with zero attached hydrogens (tertiary/aromatic N) is 1. The third-order valence-corrected chi connectivity index (χ3v) is 4.08. The topological polar surface area (TPSA) is 66.0 Å². The summed E-state index contributed by atoms with van der Waals surface area (Å²) in [6, 6.07) is 15.0. The van der Waals surface area contributed by atoms with Gasteiger partial charge in [0.05, 0.1) is 11.4 Å². The van der Waals surface area contributed by atoms with Crippen LogP contribution in [0.4, 0.5) is 0 Å². The molecule has 0 spiro atoms. The van der Waals surface area contributed by atoms with E-state index in [1.54, 1.807) is 18.2 Å². The van der Waals surface area contributed by atoms with Crippen molar-refractivity contribution in [1.82, 2.24) is 9.97 Å². The lowest BCUT2D eigenvalue weighted by molar-refractivity contribution is 0.475. The summed E-state index contributed by atoms with van der Waals surface area (Å²) in [6.07, 6.45) is 1.74. The van der Waals surface area contributed by atoms with E-state index in [2.05, 4.69) is 16.0 Å². The summed E-state index contributed by atoms with van der Waals surface area (Å²) in [6.45, 7) is 0. The van der Waals surface area contributed by atoms with Crippen molar-refractivity contribution in [3.05, 3.63) is 70.1 Å². The molecule has 0 amide bonds. The molecule has 4 rings (SSSR count). The van der Waals surface area contributed by atoms with Gasteiger partial charge in [-0.05, 0) is 30.5 Å². The monoisotopic (exact) mass is 290 g/mol. The second-order valence-electron chi connectivity index (χ2n) is 5.45. The highest BCUT2D eigenvalue weighted by Gasteiger charge is 2.21. The maximum atomic E-state index is 12.0. The van der Waals surface area contributed by atoms with Gasteiger partial charge in [-0.15, -0.1) is 0 Å². The third kappa shape index (κ3) is 2.00. The molecule has 0 atom stereocenters. The molecule has 0 bridgehead atoms. The van der Waals surface area contributed by atoms with E-state index in [4.69, 9.17) is 0 Å². The van der Waals surface area contributed by atoms with Gasteiger partial charge in [-0.1, -0.05) is 36.4 Å². The number of H-pyrrole nitrogens is 1. The van der Waals surface area contributed by atoms with Crippen LogP contribution in [0.5, 0.6) is 5.75 Å². The lowest BCUT2D eigenvalue weighted by atomic mass is 9.87. The smallest absolute Gasteiger partial charge is 0.345 e. The molecule has 4 nitrogen and oxygen atoms in total. The highest BCUT2D eigenvalue weighted by atomic mass is 16.3. The molecule has 1 aliphatic carbocycles. The molecule has 0 radical (unpaired) electrons. The van der Waals surface area contributed by atoms with Crippen LogP contribution in [-0.4, -0.2) is 15.1 Å². The van der Waals surface area contributed by atoms with Crippen molar-refractivity contribution < 1.29 is 5.11 Å². The number of nitrogens with one attached hydrogen (secondary N) is 1. The van der Waals surface area contributed by atoms with Crippen LogP contribution >= 0.6 is 0 Å². The molecular weight excluding hydrogens is 276 g/mol. The molecule has 22 heavy (non-hydrogen) atoms. The summed E-state index contributed by atoms with van der Waals surface area (Å²) < 4.78 is 0. The quantitative estimate of drug-likeness (QED) is 0.724. The number of phenols is 1. The van der Waals surface area contributed by atoms with E-state index in [0.29, 0.717) is 5.69 Å². The van der Waals surface area contributed by atoms with Crippen LogP contribution in [0.1, 0.15) is 11.1 Å². The minimum absolute atomic E-state index is 0.171. The standard InChI is InChI=1S/C18H14N2O2/c21-13-6-3-5-12(10-13)16-15-9-8-11-4-1-2-7-14(11)17(15)20-18(22)19-16/h1-7,10,21H,8-9H2,(H,19,20,22). The maximum absolute atomic E-state index is 12.0. The Morgan fingerprint density at radius 1 is 1.05 bits per heavy atom. The molecule has 2 aromatic carbocycles. The second kappa shape index (κ2) is 4.84. The van der Waals surface area contributed by atoms with Crippen LogP contribution in [0.25, 0.3) is 22.5 Å². The molecule has 1 aliphatic rings. The lowest BCUT2D eigenvalue weighted by Crippen LogP contribution is -2.18. The summed E-state index contributed by atoms with van der Waals surface area (Å²) in [5.41, 5.74) is 5.23. The van der Waals surface area contributed by atoms with Gasteiger partial charge in [0.25, 0.3) is 0 Å². The number of hydrogen-bond donors (Lipinski definition) is 2. The highest BCUT2D eigenvalue weighted by molar-refractivity contribution is 5.77. The van der Waals surface area contributed by atoms with Crippen molar-refractivity contribution >= 4 is 0 Å². The average Bonchev–Trinajstić information content (AvgIpc) is 2.54. The fourth-order valence-electron chi connectivity index (χ4n) is 3.10. The van der Waals surface area contributed by atoms with Crippen LogP contribution in [0, 0.1) is 0 Å². The summed E-state index contributed by atoms with van der Waals surface area (Å²) >= 11 is 0. The molecule has 2 N–H and O–H groups in total. The molecule has 0 unspecified atom stereocenters. The first kappa shape index (κ1) is 12.8. The van der Waals surface area contributed by atoms with E-state index >= 15 is 0 Å². The zero-order valence-corrected chi connectivity index (χ0v) is 11.8. The number of fused-ring (bicyclic) bond motifs is 3. The number of aromatic hydroxyl groups is 1. The van der Waals surface area contributed by atoms with Gasteiger partial charge in [-0.25, -0.2) is 4.79 Å². The molecule has 0 aliphatic heterocycles. The Hall–Kier alpha value is -2.88. The van der Waals surface area contributed by atoms with Crippen molar-refractivity contribution in [1.29, 1.82) is 0 Å². The first-order valence-electron chi connectivity index (χ1n) is 7.23. The molecule has 4 heteroatoms. The number of rotatable bonds is 1.